The molecule has 1 aromatic heterocycles. The third kappa shape index (κ3) is 4.72. The molecule has 5 nitrogen and oxygen atoms in total. The van der Waals surface area contributed by atoms with Crippen LogP contribution in [0.3, 0.4) is 0 Å². The standard InChI is InChI=1S/C12H17NO4/c1-3-16-12(15)10(2)17-11(14)6-9-13-7-4-5-8-13/h4-5,7-8,10H,3,6,9H2,1-2H3/t10-/m1/s1. The van der Waals surface area contributed by atoms with Gasteiger partial charge in [-0.3, -0.25) is 4.79 Å². The summed E-state index contributed by atoms with van der Waals surface area (Å²) in [5.74, 6) is -0.916. The van der Waals surface area contributed by atoms with E-state index in [9.17, 15) is 9.59 Å². The third-order valence-corrected chi connectivity index (χ3v) is 2.17. The van der Waals surface area contributed by atoms with Crippen molar-refractivity contribution in [3.8, 4) is 0 Å². The minimum absolute atomic E-state index is 0.235. The Morgan fingerprint density at radius 3 is 2.53 bits per heavy atom. The van der Waals surface area contributed by atoms with Crippen LogP contribution in [0.2, 0.25) is 0 Å². The van der Waals surface area contributed by atoms with E-state index in [2.05, 4.69) is 0 Å². The fourth-order valence-electron chi connectivity index (χ4n) is 1.30. The Morgan fingerprint density at radius 2 is 1.94 bits per heavy atom. The zero-order valence-corrected chi connectivity index (χ0v) is 10.1. The number of rotatable bonds is 6. The number of carbonyl (C=O) groups is 2. The number of hydrogen-bond acceptors (Lipinski definition) is 4. The smallest absolute Gasteiger partial charge is 0.347 e. The van der Waals surface area contributed by atoms with Crippen molar-refractivity contribution in [2.24, 2.45) is 0 Å². The van der Waals surface area contributed by atoms with Gasteiger partial charge in [0.2, 0.25) is 0 Å². The van der Waals surface area contributed by atoms with E-state index in [0.717, 1.165) is 0 Å². The lowest BCUT2D eigenvalue weighted by Gasteiger charge is -2.11. The molecule has 17 heavy (non-hydrogen) atoms. The van der Waals surface area contributed by atoms with Crippen LogP contribution in [-0.4, -0.2) is 29.2 Å². The van der Waals surface area contributed by atoms with Crippen LogP contribution in [0.5, 0.6) is 0 Å². The van der Waals surface area contributed by atoms with Gasteiger partial charge < -0.3 is 14.0 Å². The molecule has 0 N–H and O–H groups in total. The first-order chi connectivity index (χ1) is 8.13. The summed E-state index contributed by atoms with van der Waals surface area (Å²) in [7, 11) is 0. The predicted molar refractivity (Wildman–Crippen MR) is 61.2 cm³/mol. The number of nitrogens with zero attached hydrogens (tertiary/aromatic N) is 1. The fraction of sp³-hybridized carbons (Fsp3) is 0.500. The lowest BCUT2D eigenvalue weighted by atomic mass is 10.4. The van der Waals surface area contributed by atoms with Crippen LogP contribution in [-0.2, 0) is 25.6 Å². The van der Waals surface area contributed by atoms with Gasteiger partial charge >= 0.3 is 11.9 Å². The first-order valence-corrected chi connectivity index (χ1v) is 5.60. The number of aromatic nitrogens is 1. The molecule has 0 spiro atoms. The van der Waals surface area contributed by atoms with E-state index in [1.54, 1.807) is 6.92 Å². The maximum atomic E-state index is 11.4. The van der Waals surface area contributed by atoms with E-state index in [4.69, 9.17) is 9.47 Å². The Balaban J connectivity index is 2.27. The van der Waals surface area contributed by atoms with Crippen LogP contribution in [0.1, 0.15) is 20.3 Å². The first kappa shape index (κ1) is 13.3. The van der Waals surface area contributed by atoms with Crippen LogP contribution in [0.4, 0.5) is 0 Å². The normalized spacial score (nSPS) is 11.9. The highest BCUT2D eigenvalue weighted by atomic mass is 16.6. The Morgan fingerprint density at radius 1 is 1.29 bits per heavy atom. The van der Waals surface area contributed by atoms with Crippen molar-refractivity contribution < 1.29 is 19.1 Å². The van der Waals surface area contributed by atoms with Crippen molar-refractivity contribution in [3.63, 3.8) is 0 Å². The largest absolute Gasteiger partial charge is 0.463 e. The molecule has 0 aliphatic heterocycles. The van der Waals surface area contributed by atoms with Gasteiger partial charge in [-0.1, -0.05) is 0 Å². The number of esters is 2. The summed E-state index contributed by atoms with van der Waals surface area (Å²) in [4.78, 5) is 22.6. The molecule has 0 aromatic carbocycles. The SMILES string of the molecule is CCOC(=O)[C@@H](C)OC(=O)CCn1cccc1. The van der Waals surface area contributed by atoms with Crippen molar-refractivity contribution in [3.05, 3.63) is 24.5 Å². The molecular weight excluding hydrogens is 222 g/mol. The van der Waals surface area contributed by atoms with Crippen LogP contribution < -0.4 is 0 Å². The van der Waals surface area contributed by atoms with Crippen molar-refractivity contribution in [2.45, 2.75) is 32.9 Å². The molecule has 0 aliphatic rings. The second-order valence-electron chi connectivity index (χ2n) is 3.56. The quantitative estimate of drug-likeness (QED) is 0.703. The van der Waals surface area contributed by atoms with Gasteiger partial charge in [0.15, 0.2) is 6.10 Å². The molecule has 1 aromatic rings. The number of ether oxygens (including phenoxy) is 2. The van der Waals surface area contributed by atoms with Gasteiger partial charge in [-0.2, -0.15) is 0 Å². The predicted octanol–water partition coefficient (Wildman–Crippen LogP) is 1.37. The molecule has 1 heterocycles. The average molecular weight is 239 g/mol. The minimum Gasteiger partial charge on any atom is -0.463 e. The molecule has 0 amide bonds. The maximum absolute atomic E-state index is 11.4. The van der Waals surface area contributed by atoms with Crippen molar-refractivity contribution in [1.82, 2.24) is 4.57 Å². The van der Waals surface area contributed by atoms with Crippen LogP contribution in [0.25, 0.3) is 0 Å². The van der Waals surface area contributed by atoms with Gasteiger partial charge in [-0.15, -0.1) is 0 Å². The highest BCUT2D eigenvalue weighted by Crippen LogP contribution is 2.00. The zero-order chi connectivity index (χ0) is 12.7. The summed E-state index contributed by atoms with van der Waals surface area (Å²) in [6.07, 6.45) is 3.12. The van der Waals surface area contributed by atoms with E-state index in [-0.39, 0.29) is 13.0 Å². The molecular formula is C12H17NO4. The summed E-state index contributed by atoms with van der Waals surface area (Å²) in [6, 6.07) is 3.76. The average Bonchev–Trinajstić information content (AvgIpc) is 2.79. The maximum Gasteiger partial charge on any atom is 0.347 e. The zero-order valence-electron chi connectivity index (χ0n) is 10.1. The van der Waals surface area contributed by atoms with Gasteiger partial charge in [-0.25, -0.2) is 4.79 Å². The number of carbonyl (C=O) groups excluding carboxylic acids is 2. The monoisotopic (exact) mass is 239 g/mol. The molecule has 0 aliphatic carbocycles. The Hall–Kier alpha value is -1.78. The topological polar surface area (TPSA) is 57.5 Å². The van der Waals surface area contributed by atoms with Gasteiger partial charge in [-0.05, 0) is 26.0 Å². The molecule has 0 saturated heterocycles. The van der Waals surface area contributed by atoms with E-state index < -0.39 is 18.0 Å². The summed E-state index contributed by atoms with van der Waals surface area (Å²) < 4.78 is 11.5. The molecule has 0 bridgehead atoms. The fourth-order valence-corrected chi connectivity index (χ4v) is 1.30. The van der Waals surface area contributed by atoms with E-state index in [0.29, 0.717) is 6.54 Å². The summed E-state index contributed by atoms with van der Waals surface area (Å²) >= 11 is 0. The Kier molecular flexibility index (Phi) is 5.26. The number of hydrogen-bond donors (Lipinski definition) is 0. The van der Waals surface area contributed by atoms with Crippen molar-refractivity contribution in [2.75, 3.05) is 6.61 Å². The second kappa shape index (κ2) is 6.73. The van der Waals surface area contributed by atoms with Gasteiger partial charge in [0, 0.05) is 18.9 Å². The molecule has 1 atom stereocenters. The Labute approximate surface area is 100 Å². The molecule has 0 unspecified atom stereocenters. The summed E-state index contributed by atoms with van der Waals surface area (Å²) in [6.45, 7) is 4.04. The third-order valence-electron chi connectivity index (χ3n) is 2.17. The molecule has 94 valence electrons. The molecule has 1 rings (SSSR count). The highest BCUT2D eigenvalue weighted by molar-refractivity contribution is 5.78. The lowest BCUT2D eigenvalue weighted by Crippen LogP contribution is -2.26. The second-order valence-corrected chi connectivity index (χ2v) is 3.56. The van der Waals surface area contributed by atoms with Gasteiger partial charge in [0.05, 0.1) is 13.0 Å². The van der Waals surface area contributed by atoms with Crippen LogP contribution in [0, 0.1) is 0 Å². The minimum atomic E-state index is -0.841. The van der Waals surface area contributed by atoms with E-state index in [1.807, 2.05) is 29.1 Å². The summed E-state index contributed by atoms with van der Waals surface area (Å²) in [5, 5.41) is 0. The van der Waals surface area contributed by atoms with E-state index >= 15 is 0 Å². The van der Waals surface area contributed by atoms with Crippen molar-refractivity contribution in [1.29, 1.82) is 0 Å². The lowest BCUT2D eigenvalue weighted by molar-refractivity contribution is -0.166. The molecule has 0 saturated carbocycles. The highest BCUT2D eigenvalue weighted by Gasteiger charge is 2.18. The van der Waals surface area contributed by atoms with Gasteiger partial charge in [0.25, 0.3) is 0 Å². The molecule has 5 heteroatoms. The van der Waals surface area contributed by atoms with E-state index in [1.165, 1.54) is 6.92 Å². The molecule has 0 fully saturated rings. The number of aryl methyl sites for hydroxylation is 1. The van der Waals surface area contributed by atoms with Crippen molar-refractivity contribution >= 4 is 11.9 Å². The first-order valence-electron chi connectivity index (χ1n) is 5.60. The van der Waals surface area contributed by atoms with Gasteiger partial charge in [0.1, 0.15) is 0 Å². The summed E-state index contributed by atoms with van der Waals surface area (Å²) in [5.41, 5.74) is 0. The van der Waals surface area contributed by atoms with Crippen LogP contribution >= 0.6 is 0 Å². The van der Waals surface area contributed by atoms with Crippen LogP contribution in [0.15, 0.2) is 24.5 Å². The molecule has 0 radical (unpaired) electrons. The Bertz CT molecular complexity index is 359.